The molecule has 1 N–H and O–H groups in total. The number of hydrogen-bond acceptors (Lipinski definition) is 4. The van der Waals surface area contributed by atoms with Crippen molar-refractivity contribution in [3.8, 4) is 0 Å². The van der Waals surface area contributed by atoms with Crippen molar-refractivity contribution in [3.63, 3.8) is 0 Å². The zero-order valence-electron chi connectivity index (χ0n) is 11.7. The summed E-state index contributed by atoms with van der Waals surface area (Å²) in [5.41, 5.74) is 1.78. The molecule has 1 aromatic carbocycles. The molecule has 1 aliphatic heterocycles. The first-order valence-electron chi connectivity index (χ1n) is 6.64. The summed E-state index contributed by atoms with van der Waals surface area (Å²) in [6.07, 6.45) is 0. The Kier molecular flexibility index (Phi) is 4.29. The number of hydrogen-bond donors (Lipinski definition) is 1. The zero-order chi connectivity index (χ0) is 14.7. The van der Waals surface area contributed by atoms with Gasteiger partial charge in [0, 0.05) is 5.56 Å². The van der Waals surface area contributed by atoms with E-state index in [9.17, 15) is 14.4 Å². The fourth-order valence-corrected chi connectivity index (χ4v) is 2.16. The fourth-order valence-electron chi connectivity index (χ4n) is 2.16. The minimum Gasteiger partial charge on any atom is -0.294 e. The van der Waals surface area contributed by atoms with Crippen molar-refractivity contribution in [1.82, 2.24) is 10.2 Å². The van der Waals surface area contributed by atoms with Gasteiger partial charge >= 0.3 is 0 Å². The van der Waals surface area contributed by atoms with Crippen molar-refractivity contribution in [2.24, 2.45) is 0 Å². The highest BCUT2D eigenvalue weighted by molar-refractivity contribution is 6.01. The Bertz CT molecular complexity index is 519. The van der Waals surface area contributed by atoms with Crippen molar-refractivity contribution >= 4 is 17.6 Å². The molecule has 1 heterocycles. The van der Waals surface area contributed by atoms with Crippen LogP contribution < -0.4 is 5.32 Å². The quantitative estimate of drug-likeness (QED) is 0.656. The van der Waals surface area contributed by atoms with E-state index in [4.69, 9.17) is 0 Å². The lowest BCUT2D eigenvalue weighted by Gasteiger charge is -2.24. The topological polar surface area (TPSA) is 66.5 Å². The van der Waals surface area contributed by atoms with Crippen LogP contribution in [0.25, 0.3) is 0 Å². The van der Waals surface area contributed by atoms with Gasteiger partial charge in [-0.15, -0.1) is 0 Å². The summed E-state index contributed by atoms with van der Waals surface area (Å²) in [6, 6.07) is 7.46. The second-order valence-electron chi connectivity index (χ2n) is 5.32. The van der Waals surface area contributed by atoms with Crippen molar-refractivity contribution < 1.29 is 14.4 Å². The minimum absolute atomic E-state index is 0.0807. The predicted molar refractivity (Wildman–Crippen MR) is 74.5 cm³/mol. The van der Waals surface area contributed by atoms with Gasteiger partial charge in [0.15, 0.2) is 5.78 Å². The first-order valence-corrected chi connectivity index (χ1v) is 6.64. The van der Waals surface area contributed by atoms with Gasteiger partial charge in [-0.2, -0.15) is 0 Å². The van der Waals surface area contributed by atoms with E-state index in [2.05, 4.69) is 19.2 Å². The van der Waals surface area contributed by atoms with Gasteiger partial charge in [0.1, 0.15) is 0 Å². The van der Waals surface area contributed by atoms with Gasteiger partial charge in [0.2, 0.25) is 11.8 Å². The molecule has 1 aromatic rings. The summed E-state index contributed by atoms with van der Waals surface area (Å²) in [5, 5.41) is 2.21. The highest BCUT2D eigenvalue weighted by Gasteiger charge is 2.24. The monoisotopic (exact) mass is 274 g/mol. The van der Waals surface area contributed by atoms with Crippen LogP contribution in [0.3, 0.4) is 0 Å². The molecule has 0 radical (unpaired) electrons. The van der Waals surface area contributed by atoms with E-state index in [-0.39, 0.29) is 37.2 Å². The minimum atomic E-state index is -0.357. The Morgan fingerprint density at radius 2 is 1.70 bits per heavy atom. The van der Waals surface area contributed by atoms with Crippen LogP contribution in [-0.2, 0) is 9.59 Å². The van der Waals surface area contributed by atoms with E-state index in [0.717, 1.165) is 0 Å². The van der Waals surface area contributed by atoms with Crippen LogP contribution in [-0.4, -0.2) is 42.1 Å². The Labute approximate surface area is 118 Å². The molecule has 0 spiro atoms. The maximum absolute atomic E-state index is 12.1. The number of nitrogens with zero attached hydrogens (tertiary/aromatic N) is 1. The van der Waals surface area contributed by atoms with Gasteiger partial charge in [0.25, 0.3) is 0 Å². The van der Waals surface area contributed by atoms with Crippen molar-refractivity contribution in [1.29, 1.82) is 0 Å². The van der Waals surface area contributed by atoms with Gasteiger partial charge < -0.3 is 0 Å². The number of carbonyl (C=O) groups excluding carboxylic acids is 3. The van der Waals surface area contributed by atoms with Crippen molar-refractivity contribution in [2.45, 2.75) is 19.8 Å². The summed E-state index contributed by atoms with van der Waals surface area (Å²) in [6.45, 7) is 4.44. The van der Waals surface area contributed by atoms with Crippen LogP contribution in [0.4, 0.5) is 0 Å². The SMILES string of the molecule is CC(C)c1ccc(C(=O)CN2CC(=O)NC(=O)C2)cc1. The van der Waals surface area contributed by atoms with Crippen LogP contribution in [0.2, 0.25) is 0 Å². The standard InChI is InChI=1S/C15H18N2O3/c1-10(2)11-3-5-12(6-4-11)13(18)7-17-8-14(19)16-15(20)9-17/h3-6,10H,7-9H2,1-2H3,(H,16,19,20). The summed E-state index contributed by atoms with van der Waals surface area (Å²) in [4.78, 5) is 36.2. The number of Topliss-reactive ketones (excluding diaryl/α,β-unsaturated/α-hetero) is 1. The molecule has 2 amide bonds. The van der Waals surface area contributed by atoms with Gasteiger partial charge in [-0.05, 0) is 11.5 Å². The molecule has 1 fully saturated rings. The van der Waals surface area contributed by atoms with Gasteiger partial charge in [-0.1, -0.05) is 38.1 Å². The van der Waals surface area contributed by atoms with Crippen molar-refractivity contribution in [3.05, 3.63) is 35.4 Å². The third-order valence-corrected chi connectivity index (χ3v) is 3.28. The highest BCUT2D eigenvalue weighted by Crippen LogP contribution is 2.15. The molecule has 0 unspecified atom stereocenters. The normalized spacial score (nSPS) is 16.4. The highest BCUT2D eigenvalue weighted by atomic mass is 16.2. The number of rotatable bonds is 4. The van der Waals surface area contributed by atoms with Crippen LogP contribution in [0.5, 0.6) is 0 Å². The molecular formula is C15H18N2O3. The molecule has 5 heteroatoms. The maximum atomic E-state index is 12.1. The molecular weight excluding hydrogens is 256 g/mol. The van der Waals surface area contributed by atoms with E-state index >= 15 is 0 Å². The number of imide groups is 1. The number of carbonyl (C=O) groups is 3. The molecule has 0 bridgehead atoms. The number of ketones is 1. The smallest absolute Gasteiger partial charge is 0.240 e. The Balaban J connectivity index is 2.01. The van der Waals surface area contributed by atoms with Gasteiger partial charge in [-0.3, -0.25) is 24.6 Å². The second kappa shape index (κ2) is 5.96. The van der Waals surface area contributed by atoms with E-state index in [1.54, 1.807) is 17.0 Å². The number of nitrogens with one attached hydrogen (secondary N) is 1. The molecule has 0 atom stereocenters. The lowest BCUT2D eigenvalue weighted by atomic mass is 10.0. The lowest BCUT2D eigenvalue weighted by Crippen LogP contribution is -2.52. The van der Waals surface area contributed by atoms with E-state index in [1.165, 1.54) is 5.56 Å². The number of amides is 2. The van der Waals surface area contributed by atoms with E-state index in [1.807, 2.05) is 12.1 Å². The number of piperazine rings is 1. The molecule has 0 aliphatic carbocycles. The number of benzene rings is 1. The summed E-state index contributed by atoms with van der Waals surface area (Å²) >= 11 is 0. The molecule has 1 saturated heterocycles. The molecule has 20 heavy (non-hydrogen) atoms. The Morgan fingerprint density at radius 1 is 1.15 bits per heavy atom. The molecule has 106 valence electrons. The van der Waals surface area contributed by atoms with Gasteiger partial charge in [-0.25, -0.2) is 0 Å². The van der Waals surface area contributed by atoms with E-state index in [0.29, 0.717) is 11.5 Å². The second-order valence-corrected chi connectivity index (χ2v) is 5.32. The largest absolute Gasteiger partial charge is 0.294 e. The molecule has 0 aromatic heterocycles. The lowest BCUT2D eigenvalue weighted by molar-refractivity contribution is -0.135. The van der Waals surface area contributed by atoms with Crippen LogP contribution in [0.15, 0.2) is 24.3 Å². The first kappa shape index (κ1) is 14.4. The van der Waals surface area contributed by atoms with Crippen LogP contribution in [0.1, 0.15) is 35.7 Å². The molecule has 0 saturated carbocycles. The van der Waals surface area contributed by atoms with Gasteiger partial charge in [0.05, 0.1) is 19.6 Å². The van der Waals surface area contributed by atoms with Crippen LogP contribution >= 0.6 is 0 Å². The fraction of sp³-hybridized carbons (Fsp3) is 0.400. The predicted octanol–water partition coefficient (Wildman–Crippen LogP) is 0.951. The summed E-state index contributed by atoms with van der Waals surface area (Å²) in [7, 11) is 0. The average Bonchev–Trinajstić information content (AvgIpc) is 2.37. The summed E-state index contributed by atoms with van der Waals surface area (Å²) in [5.74, 6) is -0.376. The molecule has 1 aliphatic rings. The van der Waals surface area contributed by atoms with Crippen LogP contribution in [0, 0.1) is 0 Å². The third-order valence-electron chi connectivity index (χ3n) is 3.28. The summed E-state index contributed by atoms with van der Waals surface area (Å²) < 4.78 is 0. The maximum Gasteiger partial charge on any atom is 0.240 e. The third kappa shape index (κ3) is 3.51. The average molecular weight is 274 g/mol. The van der Waals surface area contributed by atoms with Crippen molar-refractivity contribution in [2.75, 3.05) is 19.6 Å². The first-order chi connectivity index (χ1) is 9.45. The zero-order valence-corrected chi connectivity index (χ0v) is 11.7. The van der Waals surface area contributed by atoms with E-state index < -0.39 is 0 Å². The molecule has 5 nitrogen and oxygen atoms in total. The Hall–Kier alpha value is -2.01. The Morgan fingerprint density at radius 3 is 2.20 bits per heavy atom. The molecule has 2 rings (SSSR count).